The number of ether oxygens (including phenoxy) is 1. The number of hydrogen-bond donors (Lipinski definition) is 1. The van der Waals surface area contributed by atoms with Crippen molar-refractivity contribution in [3.05, 3.63) is 0 Å². The van der Waals surface area contributed by atoms with Gasteiger partial charge >= 0.3 is 11.9 Å². The van der Waals surface area contributed by atoms with Crippen molar-refractivity contribution in [1.29, 1.82) is 0 Å². The third-order valence-corrected chi connectivity index (χ3v) is 4.01. The van der Waals surface area contributed by atoms with Gasteiger partial charge in [-0.2, -0.15) is 0 Å². The minimum atomic E-state index is -1.39. The van der Waals surface area contributed by atoms with Crippen LogP contribution in [0.5, 0.6) is 0 Å². The van der Waals surface area contributed by atoms with Crippen LogP contribution in [0.2, 0.25) is 0 Å². The molecule has 0 rings (SSSR count). The summed E-state index contributed by atoms with van der Waals surface area (Å²) in [6, 6.07) is 0. The molecule has 0 aromatic heterocycles. The molecule has 4 heteroatoms. The maximum atomic E-state index is 12.4. The Morgan fingerprint density at radius 3 is 2.14 bits per heavy atom. The van der Waals surface area contributed by atoms with Crippen LogP contribution in [0, 0.1) is 17.3 Å². The molecule has 0 aliphatic rings. The van der Waals surface area contributed by atoms with Gasteiger partial charge in [-0.25, -0.2) is 0 Å². The Kier molecular flexibility index (Phi) is 9.31. The summed E-state index contributed by atoms with van der Waals surface area (Å²) in [5, 5.41) is 9.74. The number of carbonyl (C=O) groups excluding carboxylic acids is 1. The van der Waals surface area contributed by atoms with Gasteiger partial charge in [0.15, 0.2) is 5.41 Å². The number of aliphatic carboxylic acids is 1. The van der Waals surface area contributed by atoms with Crippen molar-refractivity contribution in [2.45, 2.75) is 73.1 Å². The first-order valence-electron chi connectivity index (χ1n) is 8.24. The second kappa shape index (κ2) is 9.80. The lowest BCUT2D eigenvalue weighted by Crippen LogP contribution is -2.43. The maximum Gasteiger partial charge on any atom is 0.323 e. The molecule has 0 aliphatic heterocycles. The summed E-state index contributed by atoms with van der Waals surface area (Å²) in [6.45, 7) is 10.0. The zero-order valence-electron chi connectivity index (χ0n) is 14.3. The molecule has 0 bridgehead atoms. The SMILES string of the molecule is CCCCC(CC)CC(CC(C)C)(C(=O)O)C(=O)OCC. The molecule has 1 N–H and O–H groups in total. The first-order chi connectivity index (χ1) is 9.83. The quantitative estimate of drug-likeness (QED) is 0.457. The summed E-state index contributed by atoms with van der Waals surface area (Å²) in [7, 11) is 0. The minimum Gasteiger partial charge on any atom is -0.480 e. The molecule has 0 amide bonds. The molecule has 4 nitrogen and oxygen atoms in total. The van der Waals surface area contributed by atoms with Crippen molar-refractivity contribution in [1.82, 2.24) is 0 Å². The number of hydrogen-bond acceptors (Lipinski definition) is 3. The third-order valence-electron chi connectivity index (χ3n) is 4.01. The van der Waals surface area contributed by atoms with Gasteiger partial charge < -0.3 is 9.84 Å². The average molecular weight is 300 g/mol. The van der Waals surface area contributed by atoms with Crippen molar-refractivity contribution in [2.75, 3.05) is 6.61 Å². The Balaban J connectivity index is 5.32. The van der Waals surface area contributed by atoms with Crippen molar-refractivity contribution in [3.63, 3.8) is 0 Å². The molecule has 0 fully saturated rings. The van der Waals surface area contributed by atoms with Gasteiger partial charge in [-0.1, -0.05) is 53.4 Å². The van der Waals surface area contributed by atoms with E-state index in [1.165, 1.54) is 0 Å². The number of carboxylic acids is 1. The van der Waals surface area contributed by atoms with Crippen LogP contribution in [0.3, 0.4) is 0 Å². The highest BCUT2D eigenvalue weighted by atomic mass is 16.5. The lowest BCUT2D eigenvalue weighted by Gasteiger charge is -2.32. The van der Waals surface area contributed by atoms with E-state index >= 15 is 0 Å². The standard InChI is InChI=1S/C17H32O4/c1-6-9-10-14(7-2)12-17(15(18)19,11-13(4)5)16(20)21-8-3/h13-14H,6-12H2,1-5H3,(H,18,19). The Labute approximate surface area is 129 Å². The van der Waals surface area contributed by atoms with Crippen LogP contribution in [0.25, 0.3) is 0 Å². The largest absolute Gasteiger partial charge is 0.480 e. The molecular formula is C17H32O4. The Bertz CT molecular complexity index is 325. The van der Waals surface area contributed by atoms with Gasteiger partial charge in [0.05, 0.1) is 6.61 Å². The molecule has 21 heavy (non-hydrogen) atoms. The zero-order valence-corrected chi connectivity index (χ0v) is 14.3. The highest BCUT2D eigenvalue weighted by molar-refractivity contribution is 5.99. The maximum absolute atomic E-state index is 12.4. The molecule has 124 valence electrons. The van der Waals surface area contributed by atoms with Crippen molar-refractivity contribution in [2.24, 2.45) is 17.3 Å². The summed E-state index contributed by atoms with van der Waals surface area (Å²) in [4.78, 5) is 24.3. The van der Waals surface area contributed by atoms with Crippen molar-refractivity contribution >= 4 is 11.9 Å². The molecule has 2 atom stereocenters. The summed E-state index contributed by atoms with van der Waals surface area (Å²) >= 11 is 0. The Hall–Kier alpha value is -1.06. The van der Waals surface area contributed by atoms with Crippen molar-refractivity contribution in [3.8, 4) is 0 Å². The van der Waals surface area contributed by atoms with E-state index in [0.717, 1.165) is 25.7 Å². The molecule has 0 spiro atoms. The van der Waals surface area contributed by atoms with Crippen LogP contribution in [0.4, 0.5) is 0 Å². The normalized spacial score (nSPS) is 15.5. The third kappa shape index (κ3) is 6.06. The number of unbranched alkanes of at least 4 members (excludes halogenated alkanes) is 1. The van der Waals surface area contributed by atoms with Crippen LogP contribution in [0.1, 0.15) is 73.1 Å². The molecular weight excluding hydrogens is 268 g/mol. The number of carbonyl (C=O) groups is 2. The van der Waals surface area contributed by atoms with Crippen molar-refractivity contribution < 1.29 is 19.4 Å². The molecule has 0 radical (unpaired) electrons. The van der Waals surface area contributed by atoms with E-state index in [4.69, 9.17) is 4.74 Å². The second-order valence-corrected chi connectivity index (χ2v) is 6.33. The summed E-state index contributed by atoms with van der Waals surface area (Å²) < 4.78 is 5.10. The summed E-state index contributed by atoms with van der Waals surface area (Å²) in [5.74, 6) is -1.22. The fourth-order valence-corrected chi connectivity index (χ4v) is 2.91. The van der Waals surface area contributed by atoms with E-state index in [0.29, 0.717) is 12.8 Å². The van der Waals surface area contributed by atoms with E-state index in [-0.39, 0.29) is 18.4 Å². The number of esters is 1. The van der Waals surface area contributed by atoms with Gasteiger partial charge in [-0.15, -0.1) is 0 Å². The summed E-state index contributed by atoms with van der Waals surface area (Å²) in [6.07, 6.45) is 4.74. The van der Waals surface area contributed by atoms with Crippen LogP contribution in [-0.4, -0.2) is 23.7 Å². The van der Waals surface area contributed by atoms with Gasteiger partial charge in [0.25, 0.3) is 0 Å². The van der Waals surface area contributed by atoms with Gasteiger partial charge in [0, 0.05) is 0 Å². The minimum absolute atomic E-state index is 0.134. The Morgan fingerprint density at radius 1 is 1.14 bits per heavy atom. The highest BCUT2D eigenvalue weighted by Gasteiger charge is 2.48. The number of rotatable bonds is 11. The van der Waals surface area contributed by atoms with Gasteiger partial charge in [-0.05, 0) is 31.6 Å². The highest BCUT2D eigenvalue weighted by Crippen LogP contribution is 2.38. The second-order valence-electron chi connectivity index (χ2n) is 6.33. The van der Waals surface area contributed by atoms with Crippen LogP contribution >= 0.6 is 0 Å². The number of carboxylic acid groups (broad SMARTS) is 1. The molecule has 0 saturated heterocycles. The predicted octanol–water partition coefficient (Wildman–Crippen LogP) is 4.27. The van der Waals surface area contributed by atoms with Gasteiger partial charge in [0.2, 0.25) is 0 Å². The molecule has 0 heterocycles. The molecule has 0 aromatic carbocycles. The van der Waals surface area contributed by atoms with Crippen LogP contribution < -0.4 is 0 Å². The van der Waals surface area contributed by atoms with E-state index in [1.54, 1.807) is 6.92 Å². The van der Waals surface area contributed by atoms with E-state index in [2.05, 4.69) is 13.8 Å². The first kappa shape index (κ1) is 19.9. The zero-order chi connectivity index (χ0) is 16.5. The molecule has 0 aromatic rings. The molecule has 2 unspecified atom stereocenters. The average Bonchev–Trinajstić information content (AvgIpc) is 2.41. The van der Waals surface area contributed by atoms with Gasteiger partial charge in [-0.3, -0.25) is 9.59 Å². The van der Waals surface area contributed by atoms with E-state index in [1.807, 2.05) is 13.8 Å². The fraction of sp³-hybridized carbons (Fsp3) is 0.882. The van der Waals surface area contributed by atoms with Gasteiger partial charge in [0.1, 0.15) is 0 Å². The lowest BCUT2D eigenvalue weighted by molar-refractivity contribution is -0.171. The van der Waals surface area contributed by atoms with E-state index < -0.39 is 17.4 Å². The first-order valence-corrected chi connectivity index (χ1v) is 8.24. The predicted molar refractivity (Wildman–Crippen MR) is 84.1 cm³/mol. The lowest BCUT2D eigenvalue weighted by atomic mass is 9.72. The van der Waals surface area contributed by atoms with E-state index in [9.17, 15) is 14.7 Å². The Morgan fingerprint density at radius 2 is 1.76 bits per heavy atom. The topological polar surface area (TPSA) is 63.6 Å². The molecule has 0 aliphatic carbocycles. The summed E-state index contributed by atoms with van der Waals surface area (Å²) in [5.41, 5.74) is -1.39. The van der Waals surface area contributed by atoms with Crippen LogP contribution in [0.15, 0.2) is 0 Å². The smallest absolute Gasteiger partial charge is 0.323 e. The molecule has 0 saturated carbocycles. The fourth-order valence-electron chi connectivity index (χ4n) is 2.91. The monoisotopic (exact) mass is 300 g/mol. The van der Waals surface area contributed by atoms with Crippen LogP contribution in [-0.2, 0) is 14.3 Å².